The lowest BCUT2D eigenvalue weighted by Gasteiger charge is -2.39. The van der Waals surface area contributed by atoms with E-state index in [0.29, 0.717) is 6.04 Å². The van der Waals surface area contributed by atoms with Crippen molar-refractivity contribution in [2.24, 2.45) is 5.92 Å². The molecule has 1 saturated heterocycles. The first kappa shape index (κ1) is 11.4. The molecule has 16 heavy (non-hydrogen) atoms. The zero-order valence-corrected chi connectivity index (χ0v) is 10.1. The highest BCUT2D eigenvalue weighted by Gasteiger charge is 2.24. The smallest absolute Gasteiger partial charge is 0.0717 e. The van der Waals surface area contributed by atoms with Crippen molar-refractivity contribution in [3.8, 4) is 0 Å². The molecule has 2 rings (SSSR count). The van der Waals surface area contributed by atoms with E-state index < -0.39 is 0 Å². The molecule has 0 amide bonds. The summed E-state index contributed by atoms with van der Waals surface area (Å²) in [5, 5.41) is 9.32. The van der Waals surface area contributed by atoms with Gasteiger partial charge in [0.25, 0.3) is 0 Å². The first-order chi connectivity index (χ1) is 7.72. The zero-order chi connectivity index (χ0) is 11.5. The Morgan fingerprint density at radius 2 is 2.31 bits per heavy atom. The molecule has 1 aliphatic rings. The molecule has 0 saturated carbocycles. The van der Waals surface area contributed by atoms with Gasteiger partial charge in [-0.05, 0) is 31.7 Å². The fourth-order valence-electron chi connectivity index (χ4n) is 2.59. The van der Waals surface area contributed by atoms with Gasteiger partial charge in [-0.3, -0.25) is 4.98 Å². The van der Waals surface area contributed by atoms with Crippen LogP contribution in [-0.2, 0) is 6.61 Å². The molecule has 3 nitrogen and oxygen atoms in total. The largest absolute Gasteiger partial charge is 0.392 e. The molecule has 0 bridgehead atoms. The number of aromatic nitrogens is 1. The fourth-order valence-corrected chi connectivity index (χ4v) is 2.59. The fraction of sp³-hybridized carbons (Fsp3) is 0.615. The van der Waals surface area contributed by atoms with Gasteiger partial charge in [-0.1, -0.05) is 6.92 Å². The Balaban J connectivity index is 2.23. The summed E-state index contributed by atoms with van der Waals surface area (Å²) in [6, 6.07) is 2.56. The third kappa shape index (κ3) is 2.19. The third-order valence-electron chi connectivity index (χ3n) is 3.50. The zero-order valence-electron chi connectivity index (χ0n) is 10.1. The summed E-state index contributed by atoms with van der Waals surface area (Å²) >= 11 is 0. The normalized spacial score (nSPS) is 25.8. The van der Waals surface area contributed by atoms with Crippen molar-refractivity contribution in [3.05, 3.63) is 24.0 Å². The molecule has 1 N–H and O–H groups in total. The van der Waals surface area contributed by atoms with Crippen molar-refractivity contribution in [2.45, 2.75) is 39.3 Å². The van der Waals surface area contributed by atoms with E-state index in [1.807, 2.05) is 6.07 Å². The maximum Gasteiger partial charge on any atom is 0.0717 e. The Kier molecular flexibility index (Phi) is 3.44. The molecule has 1 aromatic heterocycles. The number of hydrogen-bond donors (Lipinski definition) is 1. The van der Waals surface area contributed by atoms with Gasteiger partial charge in [0.15, 0.2) is 0 Å². The maximum atomic E-state index is 9.32. The van der Waals surface area contributed by atoms with Crippen LogP contribution in [0.5, 0.6) is 0 Å². The average molecular weight is 220 g/mol. The minimum Gasteiger partial charge on any atom is -0.392 e. The lowest BCUT2D eigenvalue weighted by molar-refractivity contribution is 0.280. The Labute approximate surface area is 97.1 Å². The third-order valence-corrected chi connectivity index (χ3v) is 3.50. The molecule has 2 heterocycles. The standard InChI is InChI=1S/C13H20N2O/c1-10-4-6-15(11(2)7-10)13-3-5-14-8-12(13)9-16/h3,5,8,10-11,16H,4,6-7,9H2,1-2H3. The van der Waals surface area contributed by atoms with E-state index in [0.717, 1.165) is 23.7 Å². The van der Waals surface area contributed by atoms with E-state index in [2.05, 4.69) is 23.7 Å². The summed E-state index contributed by atoms with van der Waals surface area (Å²) in [6.07, 6.45) is 6.03. The summed E-state index contributed by atoms with van der Waals surface area (Å²) < 4.78 is 0. The molecule has 2 unspecified atom stereocenters. The Bertz CT molecular complexity index is 354. The number of rotatable bonds is 2. The number of aliphatic hydroxyl groups is 1. The van der Waals surface area contributed by atoms with Crippen LogP contribution in [-0.4, -0.2) is 22.7 Å². The van der Waals surface area contributed by atoms with Crippen LogP contribution in [0.1, 0.15) is 32.3 Å². The van der Waals surface area contributed by atoms with Gasteiger partial charge in [0.1, 0.15) is 0 Å². The van der Waals surface area contributed by atoms with Crippen LogP contribution >= 0.6 is 0 Å². The molecule has 0 spiro atoms. The topological polar surface area (TPSA) is 36.4 Å². The molecular weight excluding hydrogens is 200 g/mol. The Morgan fingerprint density at radius 1 is 1.50 bits per heavy atom. The van der Waals surface area contributed by atoms with E-state index in [4.69, 9.17) is 0 Å². The number of piperidine rings is 1. The summed E-state index contributed by atoms with van der Waals surface area (Å²) in [5.41, 5.74) is 2.08. The second-order valence-electron chi connectivity index (χ2n) is 4.83. The number of pyridine rings is 1. The van der Waals surface area contributed by atoms with Gasteiger partial charge in [-0.25, -0.2) is 0 Å². The summed E-state index contributed by atoms with van der Waals surface area (Å²) in [6.45, 7) is 5.73. The molecule has 1 aromatic rings. The highest BCUT2D eigenvalue weighted by Crippen LogP contribution is 2.29. The van der Waals surface area contributed by atoms with Gasteiger partial charge < -0.3 is 10.0 Å². The van der Waals surface area contributed by atoms with Crippen molar-refractivity contribution >= 4 is 5.69 Å². The van der Waals surface area contributed by atoms with Gasteiger partial charge in [0.05, 0.1) is 6.61 Å². The molecule has 2 atom stereocenters. The second kappa shape index (κ2) is 4.83. The van der Waals surface area contributed by atoms with Gasteiger partial charge >= 0.3 is 0 Å². The van der Waals surface area contributed by atoms with Crippen molar-refractivity contribution in [1.82, 2.24) is 4.98 Å². The second-order valence-corrected chi connectivity index (χ2v) is 4.83. The van der Waals surface area contributed by atoms with Crippen LogP contribution in [0, 0.1) is 5.92 Å². The predicted molar refractivity (Wildman–Crippen MR) is 65.4 cm³/mol. The number of nitrogens with zero attached hydrogens (tertiary/aromatic N) is 2. The predicted octanol–water partition coefficient (Wildman–Crippen LogP) is 2.20. The number of anilines is 1. The van der Waals surface area contributed by atoms with E-state index in [1.165, 1.54) is 12.8 Å². The first-order valence-corrected chi connectivity index (χ1v) is 6.02. The van der Waals surface area contributed by atoms with Crippen molar-refractivity contribution in [2.75, 3.05) is 11.4 Å². The maximum absolute atomic E-state index is 9.32. The highest BCUT2D eigenvalue weighted by atomic mass is 16.3. The van der Waals surface area contributed by atoms with Crippen LogP contribution in [0.2, 0.25) is 0 Å². The summed E-state index contributed by atoms with van der Waals surface area (Å²) in [5.74, 6) is 0.811. The SMILES string of the molecule is CC1CCN(c2ccncc2CO)C(C)C1. The van der Waals surface area contributed by atoms with Crippen molar-refractivity contribution < 1.29 is 5.11 Å². The van der Waals surface area contributed by atoms with Crippen molar-refractivity contribution in [3.63, 3.8) is 0 Å². The molecule has 1 aliphatic heterocycles. The van der Waals surface area contributed by atoms with Gasteiger partial charge in [0.2, 0.25) is 0 Å². The molecule has 88 valence electrons. The van der Waals surface area contributed by atoms with Crippen LogP contribution in [0.25, 0.3) is 0 Å². The Morgan fingerprint density at radius 3 is 3.00 bits per heavy atom. The van der Waals surface area contributed by atoms with Crippen LogP contribution in [0.15, 0.2) is 18.5 Å². The number of aliphatic hydroxyl groups excluding tert-OH is 1. The van der Waals surface area contributed by atoms with Gasteiger partial charge in [0, 0.05) is 36.2 Å². The van der Waals surface area contributed by atoms with E-state index >= 15 is 0 Å². The highest BCUT2D eigenvalue weighted by molar-refractivity contribution is 5.53. The molecule has 1 fully saturated rings. The Hall–Kier alpha value is -1.09. The van der Waals surface area contributed by atoms with E-state index in [1.54, 1.807) is 12.4 Å². The average Bonchev–Trinajstić information content (AvgIpc) is 2.29. The summed E-state index contributed by atoms with van der Waals surface area (Å²) in [4.78, 5) is 6.46. The van der Waals surface area contributed by atoms with Crippen LogP contribution in [0.4, 0.5) is 5.69 Å². The molecule has 3 heteroatoms. The molecule has 0 aromatic carbocycles. The monoisotopic (exact) mass is 220 g/mol. The van der Waals surface area contributed by atoms with Crippen LogP contribution < -0.4 is 4.90 Å². The number of hydrogen-bond acceptors (Lipinski definition) is 3. The van der Waals surface area contributed by atoms with E-state index in [-0.39, 0.29) is 6.61 Å². The lowest BCUT2D eigenvalue weighted by Crippen LogP contribution is -2.40. The van der Waals surface area contributed by atoms with E-state index in [9.17, 15) is 5.11 Å². The quantitative estimate of drug-likeness (QED) is 0.830. The lowest BCUT2D eigenvalue weighted by atomic mass is 9.92. The minimum atomic E-state index is 0.0714. The van der Waals surface area contributed by atoms with Gasteiger partial charge in [-0.15, -0.1) is 0 Å². The minimum absolute atomic E-state index is 0.0714. The van der Waals surface area contributed by atoms with Crippen LogP contribution in [0.3, 0.4) is 0 Å². The molecule has 0 aliphatic carbocycles. The molecular formula is C13H20N2O. The van der Waals surface area contributed by atoms with Crippen molar-refractivity contribution in [1.29, 1.82) is 0 Å². The molecule has 0 radical (unpaired) electrons. The first-order valence-electron chi connectivity index (χ1n) is 6.02. The van der Waals surface area contributed by atoms with Gasteiger partial charge in [-0.2, -0.15) is 0 Å². The summed E-state index contributed by atoms with van der Waals surface area (Å²) in [7, 11) is 0.